The fourth-order valence-corrected chi connectivity index (χ4v) is 1.50. The van der Waals surface area contributed by atoms with Gasteiger partial charge in [-0.3, -0.25) is 0 Å². The lowest BCUT2D eigenvalue weighted by Gasteiger charge is -2.04. The molecule has 16 heavy (non-hydrogen) atoms. The van der Waals surface area contributed by atoms with Crippen molar-refractivity contribution >= 4 is 27.9 Å². The highest BCUT2D eigenvalue weighted by Crippen LogP contribution is 2.21. The van der Waals surface area contributed by atoms with E-state index in [0.717, 1.165) is 0 Å². The predicted octanol–water partition coefficient (Wildman–Crippen LogP) is 1.95. The Hall–Kier alpha value is -1.62. The SMILES string of the molecule is COC(=O)C1=C/C=C(C(=O)O)\C=C/C=C\1Br. The van der Waals surface area contributed by atoms with Crippen molar-refractivity contribution < 1.29 is 19.4 Å². The maximum absolute atomic E-state index is 11.4. The molecule has 0 atom stereocenters. The number of halogens is 1. The number of carbonyl (C=O) groups excluding carboxylic acids is 1. The van der Waals surface area contributed by atoms with Crippen LogP contribution >= 0.6 is 15.9 Å². The lowest BCUT2D eigenvalue weighted by atomic mass is 10.1. The molecule has 0 heterocycles. The van der Waals surface area contributed by atoms with E-state index in [1.807, 2.05) is 0 Å². The fraction of sp³-hybridized carbons (Fsp3) is 0.0909. The summed E-state index contributed by atoms with van der Waals surface area (Å²) in [7, 11) is 1.26. The molecule has 0 unspecified atom stereocenters. The molecule has 5 heteroatoms. The van der Waals surface area contributed by atoms with Gasteiger partial charge in [-0.25, -0.2) is 9.59 Å². The molecule has 4 nitrogen and oxygen atoms in total. The summed E-state index contributed by atoms with van der Waals surface area (Å²) in [6, 6.07) is 0. The standard InChI is InChI=1S/C11H9BrO4/c1-16-11(15)8-6-5-7(10(13)14)3-2-4-9(8)12/h2-6H,1H3,(H,13,14)/b3-2-,4-2?,6-5?,7-3?,7-5+,8-6+,9-4+,9-8?. The largest absolute Gasteiger partial charge is 0.478 e. The molecule has 0 aromatic rings. The zero-order valence-electron chi connectivity index (χ0n) is 8.44. The third-order valence-corrected chi connectivity index (χ3v) is 2.55. The van der Waals surface area contributed by atoms with Crippen LogP contribution in [0.2, 0.25) is 0 Å². The Morgan fingerprint density at radius 3 is 2.56 bits per heavy atom. The van der Waals surface area contributed by atoms with Gasteiger partial charge < -0.3 is 9.84 Å². The minimum absolute atomic E-state index is 0.0950. The first-order chi connectivity index (χ1) is 7.56. The minimum atomic E-state index is -1.05. The van der Waals surface area contributed by atoms with Gasteiger partial charge in [0.05, 0.1) is 18.3 Å². The Labute approximate surface area is 101 Å². The van der Waals surface area contributed by atoms with Crippen LogP contribution in [0.15, 0.2) is 46.0 Å². The Kier molecular flexibility index (Phi) is 4.25. The van der Waals surface area contributed by atoms with Crippen LogP contribution < -0.4 is 0 Å². The summed E-state index contributed by atoms with van der Waals surface area (Å²) in [5, 5.41) is 8.81. The Morgan fingerprint density at radius 1 is 1.31 bits per heavy atom. The second kappa shape index (κ2) is 5.46. The highest BCUT2D eigenvalue weighted by molar-refractivity contribution is 9.12. The van der Waals surface area contributed by atoms with Crippen molar-refractivity contribution in [2.24, 2.45) is 0 Å². The molecule has 0 spiro atoms. The summed E-state index contributed by atoms with van der Waals surface area (Å²) >= 11 is 3.20. The molecular weight excluding hydrogens is 276 g/mol. The number of hydrogen-bond acceptors (Lipinski definition) is 3. The summed E-state index contributed by atoms with van der Waals surface area (Å²) in [5.41, 5.74) is 0.364. The second-order valence-corrected chi connectivity index (χ2v) is 3.73. The van der Waals surface area contributed by atoms with Gasteiger partial charge in [0.25, 0.3) is 0 Å². The van der Waals surface area contributed by atoms with Gasteiger partial charge in [0.2, 0.25) is 0 Å². The molecule has 1 N–H and O–H groups in total. The normalized spacial score (nSPS) is 27.0. The monoisotopic (exact) mass is 284 g/mol. The quantitative estimate of drug-likeness (QED) is 0.788. The van der Waals surface area contributed by atoms with Crippen molar-refractivity contribution in [2.45, 2.75) is 0 Å². The molecule has 0 aromatic heterocycles. The Morgan fingerprint density at radius 2 is 2.00 bits per heavy atom. The number of methoxy groups -OCH3 is 1. The number of rotatable bonds is 2. The lowest BCUT2D eigenvalue weighted by molar-refractivity contribution is -0.136. The number of esters is 1. The van der Waals surface area contributed by atoms with Gasteiger partial charge in [-0.05, 0) is 40.2 Å². The molecule has 0 radical (unpaired) electrons. The summed E-state index contributed by atoms with van der Waals surface area (Å²) < 4.78 is 5.11. The number of ether oxygens (including phenoxy) is 1. The molecule has 1 aliphatic rings. The van der Waals surface area contributed by atoms with Crippen LogP contribution in [0.25, 0.3) is 0 Å². The van der Waals surface area contributed by atoms with Gasteiger partial charge in [-0.2, -0.15) is 0 Å². The van der Waals surface area contributed by atoms with Gasteiger partial charge in [0.1, 0.15) is 0 Å². The molecule has 1 aliphatic carbocycles. The molecule has 0 saturated carbocycles. The van der Waals surface area contributed by atoms with Gasteiger partial charge in [-0.1, -0.05) is 6.08 Å². The highest BCUT2D eigenvalue weighted by atomic mass is 79.9. The highest BCUT2D eigenvalue weighted by Gasteiger charge is 2.13. The molecule has 84 valence electrons. The van der Waals surface area contributed by atoms with E-state index in [0.29, 0.717) is 4.48 Å². The van der Waals surface area contributed by atoms with Crippen molar-refractivity contribution in [3.8, 4) is 0 Å². The van der Waals surface area contributed by atoms with E-state index in [1.165, 1.54) is 25.3 Å². The first kappa shape index (κ1) is 12.4. The van der Waals surface area contributed by atoms with E-state index in [2.05, 4.69) is 20.7 Å². The maximum atomic E-state index is 11.4. The number of carbonyl (C=O) groups is 2. The Bertz CT molecular complexity index is 441. The molecule has 1 rings (SSSR count). The topological polar surface area (TPSA) is 63.6 Å². The van der Waals surface area contributed by atoms with Crippen LogP contribution in [0.3, 0.4) is 0 Å². The molecule has 0 bridgehead atoms. The van der Waals surface area contributed by atoms with E-state index in [1.54, 1.807) is 12.2 Å². The number of carboxylic acids is 1. The molecule has 0 fully saturated rings. The third kappa shape index (κ3) is 2.93. The van der Waals surface area contributed by atoms with E-state index in [-0.39, 0.29) is 11.1 Å². The van der Waals surface area contributed by atoms with Crippen molar-refractivity contribution in [3.63, 3.8) is 0 Å². The molecule has 0 amide bonds. The summed E-state index contributed by atoms with van der Waals surface area (Å²) in [4.78, 5) is 22.1. The van der Waals surface area contributed by atoms with Crippen molar-refractivity contribution in [1.29, 1.82) is 0 Å². The average molecular weight is 285 g/mol. The van der Waals surface area contributed by atoms with Crippen LogP contribution in [0.1, 0.15) is 0 Å². The van der Waals surface area contributed by atoms with Gasteiger partial charge >= 0.3 is 11.9 Å². The van der Waals surface area contributed by atoms with E-state index in [9.17, 15) is 9.59 Å². The smallest absolute Gasteiger partial charge is 0.339 e. The Balaban J connectivity index is 3.15. The third-order valence-electron chi connectivity index (χ3n) is 1.86. The summed E-state index contributed by atoms with van der Waals surface area (Å²) in [6.45, 7) is 0. The van der Waals surface area contributed by atoms with Crippen LogP contribution in [-0.4, -0.2) is 24.2 Å². The molecule has 0 aliphatic heterocycles. The maximum Gasteiger partial charge on any atom is 0.339 e. The van der Waals surface area contributed by atoms with E-state index >= 15 is 0 Å². The second-order valence-electron chi connectivity index (χ2n) is 2.87. The van der Waals surface area contributed by atoms with Crippen LogP contribution in [0.5, 0.6) is 0 Å². The van der Waals surface area contributed by atoms with Crippen molar-refractivity contribution in [3.05, 3.63) is 46.0 Å². The van der Waals surface area contributed by atoms with E-state index in [4.69, 9.17) is 5.11 Å². The van der Waals surface area contributed by atoms with Crippen LogP contribution in [0.4, 0.5) is 0 Å². The zero-order chi connectivity index (χ0) is 12.1. The van der Waals surface area contributed by atoms with Crippen LogP contribution in [-0.2, 0) is 14.3 Å². The van der Waals surface area contributed by atoms with Gasteiger partial charge in [0, 0.05) is 4.48 Å². The first-order valence-electron chi connectivity index (χ1n) is 4.34. The number of hydrogen-bond donors (Lipinski definition) is 1. The van der Waals surface area contributed by atoms with Gasteiger partial charge in [-0.15, -0.1) is 0 Å². The summed E-state index contributed by atoms with van der Waals surface area (Å²) in [5.74, 6) is -1.58. The van der Waals surface area contributed by atoms with Crippen molar-refractivity contribution in [1.82, 2.24) is 0 Å². The lowest BCUT2D eigenvalue weighted by Crippen LogP contribution is -2.06. The first-order valence-corrected chi connectivity index (χ1v) is 5.13. The van der Waals surface area contributed by atoms with Crippen molar-refractivity contribution in [2.75, 3.05) is 7.11 Å². The minimum Gasteiger partial charge on any atom is -0.478 e. The number of allylic oxidation sites excluding steroid dienone is 4. The fourth-order valence-electron chi connectivity index (χ4n) is 1.05. The summed E-state index contributed by atoms with van der Waals surface area (Å²) in [6.07, 6.45) is 7.31. The molecule has 0 aromatic carbocycles. The van der Waals surface area contributed by atoms with Crippen LogP contribution in [0, 0.1) is 0 Å². The number of carboxylic acid groups (broad SMARTS) is 1. The number of aliphatic carboxylic acids is 1. The van der Waals surface area contributed by atoms with E-state index < -0.39 is 11.9 Å². The zero-order valence-corrected chi connectivity index (χ0v) is 10.0. The predicted molar refractivity (Wildman–Crippen MR) is 62.0 cm³/mol. The molecule has 0 saturated heterocycles. The molecular formula is C11H9BrO4. The average Bonchev–Trinajstić information content (AvgIpc) is 2.22. The van der Waals surface area contributed by atoms with Gasteiger partial charge in [0.15, 0.2) is 0 Å².